The smallest absolute Gasteiger partial charge is 0.264 e. The van der Waals surface area contributed by atoms with Gasteiger partial charge in [-0.3, -0.25) is 14.5 Å². The minimum Gasteiger partial charge on any atom is -0.497 e. The van der Waals surface area contributed by atoms with E-state index in [9.17, 15) is 13.2 Å². The zero-order valence-electron chi connectivity index (χ0n) is 31.0. The SMILES string of the molecule is CCC(C)S(=O)(=O)NC(=O)c1ccc2c(C3CCCCC3)c3n(c2c1)CC1(C(=O)N2C4CC2CN(Cc2ccccc2)C4)CC1c1cc(OC)ccc1-3. The molecule has 10 heteroatoms. The first-order chi connectivity index (χ1) is 25.6. The van der Waals surface area contributed by atoms with Crippen LogP contribution in [-0.2, 0) is 27.9 Å². The zero-order chi connectivity index (χ0) is 36.6. The van der Waals surface area contributed by atoms with E-state index in [4.69, 9.17) is 4.74 Å². The Morgan fingerprint density at radius 1 is 0.981 bits per heavy atom. The zero-order valence-corrected chi connectivity index (χ0v) is 31.8. The van der Waals surface area contributed by atoms with Gasteiger partial charge in [-0.1, -0.05) is 62.6 Å². The minimum absolute atomic E-state index is 0.0585. The summed E-state index contributed by atoms with van der Waals surface area (Å²) in [6.45, 7) is 6.59. The molecule has 10 rings (SSSR count). The molecule has 278 valence electrons. The average molecular weight is 735 g/mol. The lowest BCUT2D eigenvalue weighted by Crippen LogP contribution is -2.71. The van der Waals surface area contributed by atoms with Crippen LogP contribution >= 0.6 is 0 Å². The Balaban J connectivity index is 1.13. The second kappa shape index (κ2) is 13.0. The third-order valence-corrected chi connectivity index (χ3v) is 15.2. The number of nitrogens with zero attached hydrogens (tertiary/aromatic N) is 3. The molecule has 2 saturated carbocycles. The first-order valence-corrected chi connectivity index (χ1v) is 21.2. The van der Waals surface area contributed by atoms with Crippen molar-refractivity contribution < 1.29 is 22.7 Å². The number of piperazine rings is 1. The average Bonchev–Trinajstić information content (AvgIpc) is 3.84. The van der Waals surface area contributed by atoms with Gasteiger partial charge >= 0.3 is 0 Å². The molecule has 5 atom stereocenters. The third-order valence-electron chi connectivity index (χ3n) is 13.3. The molecule has 0 radical (unpaired) electrons. The predicted octanol–water partition coefficient (Wildman–Crippen LogP) is 7.20. The number of methoxy groups -OCH3 is 1. The summed E-state index contributed by atoms with van der Waals surface area (Å²) in [7, 11) is -2.12. The molecule has 6 aliphatic rings. The van der Waals surface area contributed by atoms with E-state index in [2.05, 4.69) is 61.6 Å². The molecule has 9 nitrogen and oxygen atoms in total. The normalized spacial score (nSPS) is 25.7. The van der Waals surface area contributed by atoms with Crippen molar-refractivity contribution >= 4 is 32.7 Å². The fourth-order valence-corrected chi connectivity index (χ4v) is 11.2. The number of aromatic nitrogens is 1. The Morgan fingerprint density at radius 2 is 1.74 bits per heavy atom. The second-order valence-corrected chi connectivity index (χ2v) is 18.5. The van der Waals surface area contributed by atoms with Crippen LogP contribution in [0.4, 0.5) is 0 Å². The molecule has 3 saturated heterocycles. The van der Waals surface area contributed by atoms with E-state index in [0.717, 1.165) is 73.2 Å². The fraction of sp³-hybridized carbons (Fsp3) is 0.488. The lowest BCUT2D eigenvalue weighted by Gasteiger charge is -2.57. The highest BCUT2D eigenvalue weighted by molar-refractivity contribution is 7.90. The minimum atomic E-state index is -3.82. The third kappa shape index (κ3) is 5.70. The van der Waals surface area contributed by atoms with Gasteiger partial charge in [-0.25, -0.2) is 13.1 Å². The summed E-state index contributed by atoms with van der Waals surface area (Å²) >= 11 is 0. The number of benzene rings is 3. The highest BCUT2D eigenvalue weighted by atomic mass is 32.2. The van der Waals surface area contributed by atoms with Crippen molar-refractivity contribution in [2.24, 2.45) is 5.41 Å². The Labute approximate surface area is 312 Å². The quantitative estimate of drug-likeness (QED) is 0.195. The number of rotatable bonds is 9. The van der Waals surface area contributed by atoms with Gasteiger partial charge in [0.15, 0.2) is 0 Å². The molecule has 5 heterocycles. The Morgan fingerprint density at radius 3 is 2.45 bits per heavy atom. The number of sulfonamides is 1. The van der Waals surface area contributed by atoms with Crippen molar-refractivity contribution in [2.75, 3.05) is 20.2 Å². The summed E-state index contributed by atoms with van der Waals surface area (Å²) < 4.78 is 36.4. The maximum absolute atomic E-state index is 15.1. The lowest BCUT2D eigenvalue weighted by molar-refractivity contribution is -0.161. The molecule has 5 unspecified atom stereocenters. The van der Waals surface area contributed by atoms with Crippen LogP contribution in [0, 0.1) is 5.41 Å². The monoisotopic (exact) mass is 734 g/mol. The van der Waals surface area contributed by atoms with Gasteiger partial charge in [-0.15, -0.1) is 0 Å². The number of carbonyl (C=O) groups is 2. The van der Waals surface area contributed by atoms with E-state index in [1.165, 1.54) is 36.0 Å². The van der Waals surface area contributed by atoms with Crippen molar-refractivity contribution in [1.29, 1.82) is 0 Å². The molecular formula is C43H50N4O5S. The molecule has 1 N–H and O–H groups in total. The summed E-state index contributed by atoms with van der Waals surface area (Å²) in [4.78, 5) is 33.5. The van der Waals surface area contributed by atoms with Crippen LogP contribution < -0.4 is 9.46 Å². The van der Waals surface area contributed by atoms with Gasteiger partial charge in [-0.2, -0.15) is 0 Å². The van der Waals surface area contributed by atoms with Crippen molar-refractivity contribution in [3.05, 3.63) is 89.0 Å². The number of fused-ring (bicyclic) bond motifs is 9. The maximum Gasteiger partial charge on any atom is 0.264 e. The van der Waals surface area contributed by atoms with Crippen molar-refractivity contribution in [3.8, 4) is 17.0 Å². The van der Waals surface area contributed by atoms with Gasteiger partial charge in [0.05, 0.1) is 23.5 Å². The lowest BCUT2D eigenvalue weighted by atomic mass is 9.81. The molecular weight excluding hydrogens is 685 g/mol. The van der Waals surface area contributed by atoms with Gasteiger partial charge in [0, 0.05) is 66.2 Å². The van der Waals surface area contributed by atoms with Gasteiger partial charge in [0.1, 0.15) is 5.75 Å². The highest BCUT2D eigenvalue weighted by Crippen LogP contribution is 2.67. The second-order valence-electron chi connectivity index (χ2n) is 16.4. The fourth-order valence-electron chi connectivity index (χ4n) is 10.2. The number of nitrogens with one attached hydrogen (secondary N) is 1. The van der Waals surface area contributed by atoms with Gasteiger partial charge < -0.3 is 14.2 Å². The number of piperidine rings is 1. The molecule has 5 fully saturated rings. The van der Waals surface area contributed by atoms with Crippen LogP contribution in [0.1, 0.15) is 104 Å². The first kappa shape index (κ1) is 34.6. The molecule has 4 aromatic rings. The van der Waals surface area contributed by atoms with Crippen LogP contribution in [0.3, 0.4) is 0 Å². The highest BCUT2D eigenvalue weighted by Gasteiger charge is 2.66. The van der Waals surface area contributed by atoms with Gasteiger partial charge in [0.2, 0.25) is 15.9 Å². The molecule has 2 bridgehead atoms. The van der Waals surface area contributed by atoms with Crippen molar-refractivity contribution in [3.63, 3.8) is 0 Å². The summed E-state index contributed by atoms with van der Waals surface area (Å²) in [6, 6.07) is 23.0. The van der Waals surface area contributed by atoms with Gasteiger partial charge in [0.25, 0.3) is 5.91 Å². The van der Waals surface area contributed by atoms with E-state index in [1.807, 2.05) is 18.2 Å². The molecule has 4 aliphatic heterocycles. The van der Waals surface area contributed by atoms with E-state index >= 15 is 4.79 Å². The predicted molar refractivity (Wildman–Crippen MR) is 206 cm³/mol. The topological polar surface area (TPSA) is 101 Å². The van der Waals surface area contributed by atoms with Crippen LogP contribution in [-0.4, -0.2) is 72.1 Å². The van der Waals surface area contributed by atoms with Crippen LogP contribution in [0.5, 0.6) is 5.75 Å². The number of hydrogen-bond acceptors (Lipinski definition) is 6. The Hall–Kier alpha value is -4.15. The summed E-state index contributed by atoms with van der Waals surface area (Å²) in [6.07, 6.45) is 7.98. The molecule has 1 aromatic heterocycles. The molecule has 53 heavy (non-hydrogen) atoms. The van der Waals surface area contributed by atoms with E-state index < -0.39 is 26.6 Å². The van der Waals surface area contributed by atoms with Crippen molar-refractivity contribution in [1.82, 2.24) is 19.1 Å². The number of amides is 2. The van der Waals surface area contributed by atoms with Crippen LogP contribution in [0.15, 0.2) is 66.7 Å². The Kier molecular flexibility index (Phi) is 8.49. The van der Waals surface area contributed by atoms with Crippen LogP contribution in [0.25, 0.3) is 22.2 Å². The molecule has 0 spiro atoms. The first-order valence-electron chi connectivity index (χ1n) is 19.6. The number of ether oxygens (including phenoxy) is 1. The summed E-state index contributed by atoms with van der Waals surface area (Å²) in [5.74, 6) is 0.834. The standard InChI is InChI=1S/C43H50N4O5S/c1-4-27(2)53(50,51)44-41(48)30-15-17-35-38(19-30)46-26-43(42(49)47-31-20-32(47)25-45(24-31)23-28-11-7-5-8-12-28)22-37(43)36-21-33(52-3)16-18-34(36)40(46)39(35)29-13-9-6-10-14-29/h5,7-8,11-12,15-19,21,27,29,31-32,37H,4,6,9-10,13-14,20,22-26H2,1-3H3,(H,44,48). The number of hydrogen-bond donors (Lipinski definition) is 1. The van der Waals surface area contributed by atoms with E-state index in [1.54, 1.807) is 27.0 Å². The summed E-state index contributed by atoms with van der Waals surface area (Å²) in [5, 5.41) is 0.407. The largest absolute Gasteiger partial charge is 0.497 e. The van der Waals surface area contributed by atoms with E-state index in [0.29, 0.717) is 24.4 Å². The Bertz CT molecular complexity index is 2200. The van der Waals surface area contributed by atoms with E-state index in [-0.39, 0.29) is 23.9 Å². The van der Waals surface area contributed by atoms with Crippen LogP contribution in [0.2, 0.25) is 0 Å². The molecule has 3 aromatic carbocycles. The van der Waals surface area contributed by atoms with Gasteiger partial charge in [-0.05, 0) is 92.0 Å². The summed E-state index contributed by atoms with van der Waals surface area (Å²) in [5.41, 5.74) is 6.65. The number of carbonyl (C=O) groups excluding carboxylic acids is 2. The molecule has 2 amide bonds. The van der Waals surface area contributed by atoms with Crippen molar-refractivity contribution in [2.45, 2.75) is 107 Å². The molecule has 2 aliphatic carbocycles. The maximum atomic E-state index is 15.1.